The van der Waals surface area contributed by atoms with Crippen molar-refractivity contribution in [2.24, 2.45) is 0 Å². The highest BCUT2D eigenvalue weighted by Crippen LogP contribution is 2.24. The lowest BCUT2D eigenvalue weighted by Gasteiger charge is -2.28. The first-order valence-corrected chi connectivity index (χ1v) is 13.6. The van der Waals surface area contributed by atoms with E-state index < -0.39 is 9.84 Å². The Morgan fingerprint density at radius 2 is 1.66 bits per heavy atom. The lowest BCUT2D eigenvalue weighted by atomic mass is 10.1. The topological polar surface area (TPSA) is 63.7 Å². The van der Waals surface area contributed by atoms with Crippen LogP contribution in [0.15, 0.2) is 48.5 Å². The zero-order chi connectivity index (χ0) is 23.0. The maximum atomic E-state index is 13.4. The Hall–Kier alpha value is -2.34. The van der Waals surface area contributed by atoms with E-state index in [4.69, 9.17) is 4.74 Å². The fourth-order valence-electron chi connectivity index (χ4n) is 4.04. The number of sulfone groups is 1. The number of benzene rings is 2. The van der Waals surface area contributed by atoms with Crippen molar-refractivity contribution in [1.29, 1.82) is 0 Å². The van der Waals surface area contributed by atoms with E-state index >= 15 is 0 Å². The third kappa shape index (κ3) is 6.83. The minimum Gasteiger partial charge on any atom is -0.494 e. The standard InChI is InChI=1S/C26H35NO4S/c1-3-5-6-7-17-31-25-14-12-23(13-15-25)26(28)27(24-16-18-32(29,30)20-24)19-22-10-8-21(4-2)9-11-22/h8-15,24H,3-7,16-20H2,1-2H3/t24-/m0/s1. The van der Waals surface area contributed by atoms with Crippen LogP contribution in [0.2, 0.25) is 0 Å². The molecule has 0 N–H and O–H groups in total. The Bertz CT molecular complexity index is 968. The van der Waals surface area contributed by atoms with E-state index in [0.29, 0.717) is 25.1 Å². The molecule has 1 aliphatic rings. The number of amides is 1. The Balaban J connectivity index is 1.71. The fraction of sp³-hybridized carbons (Fsp3) is 0.500. The van der Waals surface area contributed by atoms with Gasteiger partial charge in [0.25, 0.3) is 5.91 Å². The normalized spacial score (nSPS) is 17.2. The number of ether oxygens (including phenoxy) is 1. The van der Waals surface area contributed by atoms with Crippen molar-refractivity contribution in [3.63, 3.8) is 0 Å². The fourth-order valence-corrected chi connectivity index (χ4v) is 5.77. The first kappa shape index (κ1) is 24.3. The molecule has 0 unspecified atom stereocenters. The molecule has 1 fully saturated rings. The zero-order valence-corrected chi connectivity index (χ0v) is 20.1. The average Bonchev–Trinajstić information content (AvgIpc) is 3.17. The summed E-state index contributed by atoms with van der Waals surface area (Å²) in [5, 5.41) is 0. The van der Waals surface area contributed by atoms with Gasteiger partial charge in [-0.25, -0.2) is 8.42 Å². The first-order chi connectivity index (χ1) is 15.4. The van der Waals surface area contributed by atoms with Crippen LogP contribution in [0.1, 0.15) is 67.4 Å². The van der Waals surface area contributed by atoms with E-state index in [0.717, 1.165) is 30.6 Å². The second kappa shape index (κ2) is 11.5. The second-order valence-electron chi connectivity index (χ2n) is 8.59. The van der Waals surface area contributed by atoms with Crippen molar-refractivity contribution in [2.45, 2.75) is 65.0 Å². The predicted molar refractivity (Wildman–Crippen MR) is 129 cm³/mol. The van der Waals surface area contributed by atoms with Crippen molar-refractivity contribution in [1.82, 2.24) is 4.90 Å². The molecule has 1 amide bonds. The third-order valence-electron chi connectivity index (χ3n) is 6.06. The molecule has 1 aliphatic heterocycles. The summed E-state index contributed by atoms with van der Waals surface area (Å²) < 4.78 is 30.0. The summed E-state index contributed by atoms with van der Waals surface area (Å²) >= 11 is 0. The minimum atomic E-state index is -3.10. The molecule has 5 nitrogen and oxygen atoms in total. The minimum absolute atomic E-state index is 0.0325. The van der Waals surface area contributed by atoms with Crippen LogP contribution < -0.4 is 4.74 Å². The van der Waals surface area contributed by atoms with Crippen LogP contribution in [0, 0.1) is 0 Å². The predicted octanol–water partition coefficient (Wildman–Crippen LogP) is 5.04. The molecule has 0 aliphatic carbocycles. The molecule has 0 bridgehead atoms. The number of aryl methyl sites for hydroxylation is 1. The van der Waals surface area contributed by atoms with Crippen molar-refractivity contribution in [2.75, 3.05) is 18.1 Å². The van der Waals surface area contributed by atoms with Crippen LogP contribution in [0.4, 0.5) is 0 Å². The molecule has 32 heavy (non-hydrogen) atoms. The summed E-state index contributed by atoms with van der Waals surface area (Å²) in [6, 6.07) is 15.1. The van der Waals surface area contributed by atoms with Gasteiger partial charge < -0.3 is 9.64 Å². The highest BCUT2D eigenvalue weighted by Gasteiger charge is 2.35. The Morgan fingerprint density at radius 1 is 0.969 bits per heavy atom. The van der Waals surface area contributed by atoms with Crippen molar-refractivity contribution in [3.8, 4) is 5.75 Å². The van der Waals surface area contributed by atoms with Crippen molar-refractivity contribution in [3.05, 3.63) is 65.2 Å². The number of nitrogens with zero attached hydrogens (tertiary/aromatic N) is 1. The highest BCUT2D eigenvalue weighted by atomic mass is 32.2. The Morgan fingerprint density at radius 3 is 2.25 bits per heavy atom. The van der Waals surface area contributed by atoms with E-state index in [1.54, 1.807) is 17.0 Å². The molecule has 1 atom stereocenters. The van der Waals surface area contributed by atoms with Crippen molar-refractivity contribution >= 4 is 15.7 Å². The van der Waals surface area contributed by atoms with E-state index in [2.05, 4.69) is 26.0 Å². The van der Waals surface area contributed by atoms with Gasteiger partial charge in [-0.2, -0.15) is 0 Å². The maximum absolute atomic E-state index is 13.4. The van der Waals surface area contributed by atoms with Gasteiger partial charge in [-0.1, -0.05) is 57.4 Å². The summed E-state index contributed by atoms with van der Waals surface area (Å²) in [6.45, 7) is 5.36. The molecule has 2 aromatic rings. The SMILES string of the molecule is CCCCCCOc1ccc(C(=O)N(Cc2ccc(CC)cc2)[C@H]2CCS(=O)(=O)C2)cc1. The maximum Gasteiger partial charge on any atom is 0.254 e. The Labute approximate surface area is 192 Å². The molecule has 174 valence electrons. The quantitative estimate of drug-likeness (QED) is 0.444. The Kier molecular flexibility index (Phi) is 8.74. The molecule has 0 aromatic heterocycles. The zero-order valence-electron chi connectivity index (χ0n) is 19.3. The van der Waals surface area contributed by atoms with Gasteiger partial charge in [0, 0.05) is 18.2 Å². The number of hydrogen-bond acceptors (Lipinski definition) is 4. The molecule has 1 saturated heterocycles. The van der Waals surface area contributed by atoms with Gasteiger partial charge >= 0.3 is 0 Å². The lowest BCUT2D eigenvalue weighted by Crippen LogP contribution is -2.40. The number of carbonyl (C=O) groups is 1. The number of rotatable bonds is 11. The molecule has 1 heterocycles. The van der Waals surface area contributed by atoms with E-state index in [-0.39, 0.29) is 23.5 Å². The highest BCUT2D eigenvalue weighted by molar-refractivity contribution is 7.91. The van der Waals surface area contributed by atoms with E-state index in [1.165, 1.54) is 18.4 Å². The van der Waals surface area contributed by atoms with Crippen molar-refractivity contribution < 1.29 is 17.9 Å². The van der Waals surface area contributed by atoms with Gasteiger partial charge in [0.15, 0.2) is 9.84 Å². The summed E-state index contributed by atoms with van der Waals surface area (Å²) in [4.78, 5) is 15.1. The number of hydrogen-bond donors (Lipinski definition) is 0. The van der Waals surface area contributed by atoms with Crippen LogP contribution in [0.25, 0.3) is 0 Å². The smallest absolute Gasteiger partial charge is 0.254 e. The summed E-state index contributed by atoms with van der Waals surface area (Å²) in [5.41, 5.74) is 2.80. The average molecular weight is 458 g/mol. The largest absolute Gasteiger partial charge is 0.494 e. The van der Waals surface area contributed by atoms with Crippen LogP contribution in [0.3, 0.4) is 0 Å². The van der Waals surface area contributed by atoms with Crippen LogP contribution >= 0.6 is 0 Å². The second-order valence-corrected chi connectivity index (χ2v) is 10.8. The molecular weight excluding hydrogens is 422 g/mol. The van der Waals surface area contributed by atoms with Gasteiger partial charge in [0.05, 0.1) is 18.1 Å². The summed E-state index contributed by atoms with van der Waals surface area (Å²) in [5.74, 6) is 0.788. The molecule has 6 heteroatoms. The van der Waals surface area contributed by atoms with Crippen LogP contribution in [0.5, 0.6) is 5.75 Å². The van der Waals surface area contributed by atoms with Crippen LogP contribution in [-0.2, 0) is 22.8 Å². The molecule has 0 saturated carbocycles. The molecule has 0 spiro atoms. The lowest BCUT2D eigenvalue weighted by molar-refractivity contribution is 0.0681. The van der Waals surface area contributed by atoms with Crippen LogP contribution in [-0.4, -0.2) is 43.4 Å². The monoisotopic (exact) mass is 457 g/mol. The number of carbonyl (C=O) groups excluding carboxylic acids is 1. The summed E-state index contributed by atoms with van der Waals surface area (Å²) in [7, 11) is -3.10. The third-order valence-corrected chi connectivity index (χ3v) is 7.81. The summed E-state index contributed by atoms with van der Waals surface area (Å²) in [6.07, 6.45) is 6.03. The molecule has 3 rings (SSSR count). The van der Waals surface area contributed by atoms with Gasteiger partial charge in [0.1, 0.15) is 5.75 Å². The molecule has 2 aromatic carbocycles. The molecular formula is C26H35NO4S. The van der Waals surface area contributed by atoms with Gasteiger partial charge in [-0.3, -0.25) is 4.79 Å². The van der Waals surface area contributed by atoms with Gasteiger partial charge in [-0.05, 0) is 54.7 Å². The number of unbranched alkanes of at least 4 members (excludes halogenated alkanes) is 3. The van der Waals surface area contributed by atoms with E-state index in [1.807, 2.05) is 24.3 Å². The van der Waals surface area contributed by atoms with E-state index in [9.17, 15) is 13.2 Å². The van der Waals surface area contributed by atoms with Gasteiger partial charge in [-0.15, -0.1) is 0 Å². The molecule has 0 radical (unpaired) electrons. The van der Waals surface area contributed by atoms with Gasteiger partial charge in [0.2, 0.25) is 0 Å². The first-order valence-electron chi connectivity index (χ1n) is 11.7.